The smallest absolute Gasteiger partial charge is 0.318 e. The van der Waals surface area contributed by atoms with Gasteiger partial charge in [0.15, 0.2) is 5.11 Å². The number of carbonyl (C=O) groups is 2. The van der Waals surface area contributed by atoms with Crippen LogP contribution in [0.1, 0.15) is 37.8 Å². The number of nitrogens with one attached hydrogen (secondary N) is 4. The van der Waals surface area contributed by atoms with E-state index in [1.807, 2.05) is 98.8 Å². The van der Waals surface area contributed by atoms with Gasteiger partial charge in [-0.1, -0.05) is 96.5 Å². The number of carbonyl (C=O) groups excluding carboxylic acids is 2. The Balaban J connectivity index is 1.54. The first-order valence-electron chi connectivity index (χ1n) is 15.1. The van der Waals surface area contributed by atoms with Crippen molar-refractivity contribution in [2.75, 3.05) is 18.4 Å². The van der Waals surface area contributed by atoms with Gasteiger partial charge in [-0.05, 0) is 73.1 Å². The predicted molar refractivity (Wildman–Crippen MR) is 183 cm³/mol. The van der Waals surface area contributed by atoms with E-state index in [1.54, 1.807) is 4.90 Å². The molecule has 1 aliphatic heterocycles. The molecule has 0 saturated carbocycles. The molecule has 3 aromatic carbocycles. The van der Waals surface area contributed by atoms with Crippen LogP contribution >= 0.6 is 28.1 Å². The lowest BCUT2D eigenvalue weighted by molar-refractivity contribution is -0.128. The molecule has 0 aliphatic carbocycles. The normalized spacial score (nSPS) is 15.9. The number of hydrogen-bond acceptors (Lipinski definition) is 4. The number of nitrogens with zero attached hydrogens (tertiary/aromatic N) is 1. The standard InChI is InChI=1S/C34H42BrN5O3S/c1-23(2)31(40-18-10-17-36-34(40)43)32(42)37-28(19-24-11-5-3-6-12-24)22-30(41)29(20-25-13-7-4-8-14-25)39-33(44)38-27-16-9-15-26(35)21-27/h3-9,11-16,21,23,28-31,41H,10,17-20,22H2,1-2H3,(H,36,43)(H,37,42)(H2,38,39,44)/t28-,29?,30-,31-/m0/s1. The zero-order chi connectivity index (χ0) is 31.5. The van der Waals surface area contributed by atoms with Crippen LogP contribution in [0.3, 0.4) is 0 Å². The van der Waals surface area contributed by atoms with Crippen LogP contribution in [0.2, 0.25) is 0 Å². The molecule has 1 aliphatic rings. The Labute approximate surface area is 274 Å². The first kappa shape index (κ1) is 33.4. The molecule has 1 unspecified atom stereocenters. The molecule has 0 radical (unpaired) electrons. The van der Waals surface area contributed by atoms with Crippen LogP contribution in [0.5, 0.6) is 0 Å². The largest absolute Gasteiger partial charge is 0.391 e. The minimum absolute atomic E-state index is 0.0879. The Kier molecular flexibility index (Phi) is 12.6. The molecule has 5 N–H and O–H groups in total. The zero-order valence-electron chi connectivity index (χ0n) is 25.2. The fraction of sp³-hybridized carbons (Fsp3) is 0.382. The topological polar surface area (TPSA) is 106 Å². The van der Waals surface area contributed by atoms with Gasteiger partial charge in [-0.3, -0.25) is 4.79 Å². The second-order valence-electron chi connectivity index (χ2n) is 11.6. The van der Waals surface area contributed by atoms with Crippen LogP contribution < -0.4 is 21.3 Å². The number of rotatable bonds is 13. The van der Waals surface area contributed by atoms with Crippen LogP contribution in [-0.2, 0) is 17.6 Å². The Morgan fingerprint density at radius 2 is 1.64 bits per heavy atom. The fourth-order valence-electron chi connectivity index (χ4n) is 5.60. The maximum Gasteiger partial charge on any atom is 0.318 e. The lowest BCUT2D eigenvalue weighted by atomic mass is 9.93. The molecule has 0 spiro atoms. The van der Waals surface area contributed by atoms with E-state index in [0.717, 1.165) is 27.7 Å². The molecular weight excluding hydrogens is 638 g/mol. The maximum atomic E-state index is 13.8. The average Bonchev–Trinajstić information content (AvgIpc) is 2.99. The van der Waals surface area contributed by atoms with E-state index in [2.05, 4.69) is 37.2 Å². The molecule has 1 saturated heterocycles. The van der Waals surface area contributed by atoms with Gasteiger partial charge in [0.1, 0.15) is 6.04 Å². The third-order valence-electron chi connectivity index (χ3n) is 7.71. The summed E-state index contributed by atoms with van der Waals surface area (Å²) in [6, 6.07) is 25.9. The van der Waals surface area contributed by atoms with Gasteiger partial charge in [-0.2, -0.15) is 0 Å². The summed E-state index contributed by atoms with van der Waals surface area (Å²) in [5, 5.41) is 24.8. The number of aliphatic hydroxyl groups excluding tert-OH is 1. The monoisotopic (exact) mass is 679 g/mol. The van der Waals surface area contributed by atoms with Crippen molar-refractivity contribution in [2.24, 2.45) is 5.92 Å². The van der Waals surface area contributed by atoms with E-state index in [1.165, 1.54) is 0 Å². The van der Waals surface area contributed by atoms with Gasteiger partial charge < -0.3 is 31.3 Å². The summed E-state index contributed by atoms with van der Waals surface area (Å²) in [5.41, 5.74) is 2.91. The highest BCUT2D eigenvalue weighted by Crippen LogP contribution is 2.19. The highest BCUT2D eigenvalue weighted by molar-refractivity contribution is 9.10. The summed E-state index contributed by atoms with van der Waals surface area (Å²) in [6.45, 7) is 5.04. The number of urea groups is 1. The number of thiocarbonyl (C=S) groups is 1. The summed E-state index contributed by atoms with van der Waals surface area (Å²) < 4.78 is 0.924. The third kappa shape index (κ3) is 10.0. The number of hydrogen-bond donors (Lipinski definition) is 5. The van der Waals surface area contributed by atoms with E-state index in [-0.39, 0.29) is 30.3 Å². The first-order chi connectivity index (χ1) is 21.2. The van der Waals surface area contributed by atoms with Crippen molar-refractivity contribution < 1.29 is 14.7 Å². The van der Waals surface area contributed by atoms with Crippen molar-refractivity contribution in [1.82, 2.24) is 20.9 Å². The molecule has 10 heteroatoms. The van der Waals surface area contributed by atoms with Gasteiger partial charge in [0.05, 0.1) is 12.1 Å². The molecule has 3 aromatic rings. The van der Waals surface area contributed by atoms with Gasteiger partial charge in [0, 0.05) is 29.3 Å². The molecule has 4 rings (SSSR count). The fourth-order valence-corrected chi connectivity index (χ4v) is 6.27. The zero-order valence-corrected chi connectivity index (χ0v) is 27.6. The number of aliphatic hydroxyl groups is 1. The second kappa shape index (κ2) is 16.6. The maximum absolute atomic E-state index is 13.8. The summed E-state index contributed by atoms with van der Waals surface area (Å²) in [5.74, 6) is -0.306. The van der Waals surface area contributed by atoms with Crippen molar-refractivity contribution >= 4 is 50.9 Å². The quantitative estimate of drug-likeness (QED) is 0.158. The highest BCUT2D eigenvalue weighted by Gasteiger charge is 2.35. The van der Waals surface area contributed by atoms with Crippen LogP contribution in [0.4, 0.5) is 10.5 Å². The van der Waals surface area contributed by atoms with Crippen molar-refractivity contribution in [2.45, 2.75) is 63.8 Å². The Hall–Kier alpha value is -3.47. The molecule has 0 aromatic heterocycles. The summed E-state index contributed by atoms with van der Waals surface area (Å²) in [7, 11) is 0. The molecule has 234 valence electrons. The van der Waals surface area contributed by atoms with E-state index in [0.29, 0.717) is 31.0 Å². The van der Waals surface area contributed by atoms with E-state index in [4.69, 9.17) is 12.2 Å². The van der Waals surface area contributed by atoms with Crippen molar-refractivity contribution in [3.63, 3.8) is 0 Å². The molecule has 1 heterocycles. The number of amides is 3. The van der Waals surface area contributed by atoms with E-state index < -0.39 is 18.2 Å². The molecule has 4 atom stereocenters. The van der Waals surface area contributed by atoms with E-state index in [9.17, 15) is 14.7 Å². The number of halogens is 1. The molecule has 1 fully saturated rings. The first-order valence-corrected chi connectivity index (χ1v) is 16.3. The number of anilines is 1. The summed E-state index contributed by atoms with van der Waals surface area (Å²) in [4.78, 5) is 28.1. The average molecular weight is 681 g/mol. The van der Waals surface area contributed by atoms with Crippen molar-refractivity contribution in [3.8, 4) is 0 Å². The SMILES string of the molecule is CC(C)[C@@H](C(=O)N[C@@H](Cc1ccccc1)C[C@H](O)C(Cc1ccccc1)NC(=S)Nc1cccc(Br)c1)N1CCCNC1=O. The van der Waals surface area contributed by atoms with Crippen LogP contribution in [0, 0.1) is 5.92 Å². The third-order valence-corrected chi connectivity index (χ3v) is 8.42. The van der Waals surface area contributed by atoms with E-state index >= 15 is 0 Å². The van der Waals surface area contributed by atoms with Gasteiger partial charge in [0.25, 0.3) is 0 Å². The molecule has 0 bridgehead atoms. The summed E-state index contributed by atoms with van der Waals surface area (Å²) in [6.07, 6.45) is 1.26. The second-order valence-corrected chi connectivity index (χ2v) is 12.9. The van der Waals surface area contributed by atoms with Crippen molar-refractivity contribution in [3.05, 3.63) is 101 Å². The minimum Gasteiger partial charge on any atom is -0.391 e. The minimum atomic E-state index is -0.859. The lowest BCUT2D eigenvalue weighted by Gasteiger charge is -2.37. The molecule has 44 heavy (non-hydrogen) atoms. The molecular formula is C34H42BrN5O3S. The summed E-state index contributed by atoms with van der Waals surface area (Å²) >= 11 is 9.15. The van der Waals surface area contributed by atoms with Crippen LogP contribution in [0.25, 0.3) is 0 Å². The van der Waals surface area contributed by atoms with Crippen LogP contribution in [-0.4, -0.2) is 64.4 Å². The molecule has 3 amide bonds. The van der Waals surface area contributed by atoms with Gasteiger partial charge in [-0.15, -0.1) is 0 Å². The van der Waals surface area contributed by atoms with Crippen LogP contribution in [0.15, 0.2) is 89.4 Å². The lowest BCUT2D eigenvalue weighted by Crippen LogP contribution is -2.59. The molecule has 8 nitrogen and oxygen atoms in total. The van der Waals surface area contributed by atoms with Gasteiger partial charge >= 0.3 is 6.03 Å². The number of benzene rings is 3. The Morgan fingerprint density at radius 1 is 0.977 bits per heavy atom. The Morgan fingerprint density at radius 3 is 2.25 bits per heavy atom. The van der Waals surface area contributed by atoms with Gasteiger partial charge in [-0.25, -0.2) is 4.79 Å². The predicted octanol–water partition coefficient (Wildman–Crippen LogP) is 5.27. The van der Waals surface area contributed by atoms with Crippen molar-refractivity contribution in [1.29, 1.82) is 0 Å². The highest BCUT2D eigenvalue weighted by atomic mass is 79.9. The Bertz CT molecular complexity index is 1380. The van der Waals surface area contributed by atoms with Gasteiger partial charge in [0.2, 0.25) is 5.91 Å².